The van der Waals surface area contributed by atoms with E-state index in [0.29, 0.717) is 54.8 Å². The number of aryl methyl sites for hydroxylation is 1. The summed E-state index contributed by atoms with van der Waals surface area (Å²) in [5.74, 6) is -1.05. The van der Waals surface area contributed by atoms with Gasteiger partial charge in [-0.3, -0.25) is 19.3 Å². The lowest BCUT2D eigenvalue weighted by Crippen LogP contribution is -2.35. The molecule has 1 amide bonds. The van der Waals surface area contributed by atoms with Crippen LogP contribution < -0.4 is 15.6 Å². The molecule has 2 N–H and O–H groups in total. The smallest absolute Gasteiger partial charge is 0.306 e. The molecule has 43 heavy (non-hydrogen) atoms. The van der Waals surface area contributed by atoms with Gasteiger partial charge in [0.1, 0.15) is 5.56 Å². The Kier molecular flexibility index (Phi) is 8.89. The van der Waals surface area contributed by atoms with Crippen LogP contribution in [0.1, 0.15) is 34.3 Å². The first-order valence-electron chi connectivity index (χ1n) is 13.9. The number of anilines is 1. The Balaban J connectivity index is 1.40. The Morgan fingerprint density at radius 2 is 1.74 bits per heavy atom. The Morgan fingerprint density at radius 1 is 1.05 bits per heavy atom. The lowest BCUT2D eigenvalue weighted by Gasteiger charge is -2.30. The summed E-state index contributed by atoms with van der Waals surface area (Å²) in [4.78, 5) is 43.6. The molecular weight excluding hydrogens is 570 g/mol. The van der Waals surface area contributed by atoms with Crippen LogP contribution >= 0.6 is 11.6 Å². The third-order valence-electron chi connectivity index (χ3n) is 7.86. The molecule has 10 nitrogen and oxygen atoms in total. The number of nitrogens with one attached hydrogen (secondary N) is 1. The maximum atomic E-state index is 12.9. The molecule has 0 radical (unpaired) electrons. The molecule has 1 fully saturated rings. The summed E-state index contributed by atoms with van der Waals surface area (Å²) < 4.78 is 6.76. The second kappa shape index (κ2) is 12.8. The average molecular weight is 602 g/mol. The number of nitrogens with zero attached hydrogens (tertiary/aromatic N) is 4. The van der Waals surface area contributed by atoms with E-state index in [1.807, 2.05) is 49.4 Å². The van der Waals surface area contributed by atoms with Gasteiger partial charge in [-0.1, -0.05) is 48.0 Å². The molecule has 2 aromatic carbocycles. The highest BCUT2D eigenvalue weighted by Crippen LogP contribution is 2.39. The lowest BCUT2D eigenvalue weighted by molar-refractivity contribution is -0.143. The van der Waals surface area contributed by atoms with Crippen LogP contribution in [-0.2, 0) is 18.4 Å². The normalized spacial score (nSPS) is 14.0. The van der Waals surface area contributed by atoms with Gasteiger partial charge in [-0.25, -0.2) is 9.67 Å². The predicted octanol–water partition coefficient (Wildman–Crippen LogP) is 5.03. The number of hydrogen-bond donors (Lipinski definition) is 2. The Morgan fingerprint density at radius 3 is 2.47 bits per heavy atom. The first-order chi connectivity index (χ1) is 20.7. The Labute approximate surface area is 253 Å². The number of ether oxygens (including phenoxy) is 1. The molecule has 3 heterocycles. The molecule has 5 rings (SSSR count). The van der Waals surface area contributed by atoms with E-state index in [2.05, 4.69) is 15.3 Å². The van der Waals surface area contributed by atoms with Crippen molar-refractivity contribution in [2.45, 2.75) is 26.3 Å². The number of likely N-dealkylation sites (tertiary alicyclic amines) is 1. The number of aromatic nitrogens is 3. The van der Waals surface area contributed by atoms with Gasteiger partial charge in [0.05, 0.1) is 23.7 Å². The molecule has 0 atom stereocenters. The third-order valence-corrected chi connectivity index (χ3v) is 8.27. The summed E-state index contributed by atoms with van der Waals surface area (Å²) in [7, 11) is 3.07. The highest BCUT2D eigenvalue weighted by atomic mass is 35.5. The van der Waals surface area contributed by atoms with Gasteiger partial charge in [-0.05, 0) is 62.2 Å². The molecule has 0 bridgehead atoms. The van der Waals surface area contributed by atoms with E-state index < -0.39 is 17.4 Å². The average Bonchev–Trinajstić information content (AvgIpc) is 3.00. The zero-order valence-corrected chi connectivity index (χ0v) is 24.9. The predicted molar refractivity (Wildman–Crippen MR) is 164 cm³/mol. The molecule has 2 aromatic heterocycles. The standard InChI is InChI=1S/C32H32ClN5O5/c1-19-22(6-5-9-26(19)35-29(39)25-12-15-34-37(2)31(25)40)23-7-4-8-24(28(23)33)27-11-10-21(30(36-27)43-3)18-38-16-13-20(14-17-38)32(41)42/h4-12,15,20H,13-14,16-18H2,1-3H3,(H,35,39)(H,41,42). The van der Waals surface area contributed by atoms with Crippen LogP contribution in [0.3, 0.4) is 0 Å². The number of carboxylic acid groups (broad SMARTS) is 1. The summed E-state index contributed by atoms with van der Waals surface area (Å²) in [6.07, 6.45) is 2.65. The lowest BCUT2D eigenvalue weighted by atomic mass is 9.96. The SMILES string of the molecule is COc1nc(-c2cccc(-c3cccc(NC(=O)c4ccnn(C)c4=O)c3C)c2Cl)ccc1CN1CCC(C(=O)O)CC1. The molecule has 0 aliphatic carbocycles. The Hall–Kier alpha value is -4.54. The topological polar surface area (TPSA) is 127 Å². The molecule has 0 saturated carbocycles. The third kappa shape index (κ3) is 6.30. The van der Waals surface area contributed by atoms with Gasteiger partial charge in [0.15, 0.2) is 0 Å². The van der Waals surface area contributed by atoms with E-state index >= 15 is 0 Å². The van der Waals surface area contributed by atoms with Crippen LogP contribution in [0.2, 0.25) is 5.02 Å². The fourth-order valence-electron chi connectivity index (χ4n) is 5.36. The largest absolute Gasteiger partial charge is 0.481 e. The number of carboxylic acids is 1. The maximum absolute atomic E-state index is 12.9. The monoisotopic (exact) mass is 601 g/mol. The number of piperidine rings is 1. The minimum absolute atomic E-state index is 0.00413. The molecule has 222 valence electrons. The minimum Gasteiger partial charge on any atom is -0.481 e. The molecule has 1 aliphatic heterocycles. The highest BCUT2D eigenvalue weighted by Gasteiger charge is 2.25. The number of carbonyl (C=O) groups excluding carboxylic acids is 1. The first kappa shape index (κ1) is 29.9. The fourth-order valence-corrected chi connectivity index (χ4v) is 5.69. The van der Waals surface area contributed by atoms with Gasteiger partial charge in [-0.2, -0.15) is 5.10 Å². The van der Waals surface area contributed by atoms with Crippen LogP contribution in [0, 0.1) is 12.8 Å². The van der Waals surface area contributed by atoms with E-state index in [4.69, 9.17) is 21.3 Å². The molecule has 11 heteroatoms. The number of benzene rings is 2. The number of rotatable bonds is 8. The van der Waals surface area contributed by atoms with Crippen molar-refractivity contribution in [3.63, 3.8) is 0 Å². The van der Waals surface area contributed by atoms with Crippen molar-refractivity contribution >= 4 is 29.2 Å². The number of amides is 1. The van der Waals surface area contributed by atoms with Crippen molar-refractivity contribution in [3.05, 3.63) is 92.9 Å². The number of carbonyl (C=O) groups is 2. The number of methoxy groups -OCH3 is 1. The van der Waals surface area contributed by atoms with Crippen molar-refractivity contribution in [2.75, 3.05) is 25.5 Å². The summed E-state index contributed by atoms with van der Waals surface area (Å²) >= 11 is 7.00. The number of hydrogen-bond acceptors (Lipinski definition) is 7. The summed E-state index contributed by atoms with van der Waals surface area (Å²) in [6, 6.07) is 16.5. The molecule has 1 saturated heterocycles. The number of halogens is 1. The van der Waals surface area contributed by atoms with Crippen LogP contribution in [0.5, 0.6) is 5.88 Å². The van der Waals surface area contributed by atoms with Crippen molar-refractivity contribution in [2.24, 2.45) is 13.0 Å². The van der Waals surface area contributed by atoms with Gasteiger partial charge in [0.2, 0.25) is 5.88 Å². The summed E-state index contributed by atoms with van der Waals surface area (Å²) in [5, 5.41) is 16.5. The zero-order chi connectivity index (χ0) is 30.7. The minimum atomic E-state index is -0.730. The summed E-state index contributed by atoms with van der Waals surface area (Å²) in [6.45, 7) is 3.90. The molecule has 0 unspecified atom stereocenters. The van der Waals surface area contributed by atoms with Gasteiger partial charge in [-0.15, -0.1) is 0 Å². The van der Waals surface area contributed by atoms with Gasteiger partial charge >= 0.3 is 5.97 Å². The number of aliphatic carboxylic acids is 1. The van der Waals surface area contributed by atoms with E-state index in [-0.39, 0.29) is 11.5 Å². The van der Waals surface area contributed by atoms with Gasteiger partial charge in [0, 0.05) is 42.2 Å². The van der Waals surface area contributed by atoms with Crippen molar-refractivity contribution in [1.82, 2.24) is 19.7 Å². The van der Waals surface area contributed by atoms with E-state index in [1.165, 1.54) is 19.3 Å². The highest BCUT2D eigenvalue weighted by molar-refractivity contribution is 6.36. The quantitative estimate of drug-likeness (QED) is 0.288. The van der Waals surface area contributed by atoms with Crippen molar-refractivity contribution in [1.29, 1.82) is 0 Å². The second-order valence-corrected chi connectivity index (χ2v) is 10.9. The summed E-state index contributed by atoms with van der Waals surface area (Å²) in [5.41, 5.74) is 4.72. The second-order valence-electron chi connectivity index (χ2n) is 10.5. The first-order valence-corrected chi connectivity index (χ1v) is 14.3. The van der Waals surface area contributed by atoms with Crippen LogP contribution in [-0.4, -0.2) is 56.8 Å². The van der Waals surface area contributed by atoms with Crippen molar-refractivity contribution < 1.29 is 19.4 Å². The van der Waals surface area contributed by atoms with E-state index in [1.54, 1.807) is 13.2 Å². The number of pyridine rings is 1. The molecular formula is C32H32ClN5O5. The Bertz CT molecular complexity index is 1750. The molecule has 1 aliphatic rings. The van der Waals surface area contributed by atoms with Gasteiger partial charge in [0.25, 0.3) is 11.5 Å². The zero-order valence-electron chi connectivity index (χ0n) is 24.1. The fraction of sp³-hybridized carbons (Fsp3) is 0.281. The van der Waals surface area contributed by atoms with Crippen LogP contribution in [0.4, 0.5) is 5.69 Å². The van der Waals surface area contributed by atoms with Crippen LogP contribution in [0.15, 0.2) is 65.6 Å². The van der Waals surface area contributed by atoms with Crippen molar-refractivity contribution in [3.8, 4) is 28.3 Å². The maximum Gasteiger partial charge on any atom is 0.306 e. The van der Waals surface area contributed by atoms with E-state index in [9.17, 15) is 19.5 Å². The van der Waals surface area contributed by atoms with Gasteiger partial charge < -0.3 is 15.2 Å². The molecule has 0 spiro atoms. The molecule has 4 aromatic rings. The van der Waals surface area contributed by atoms with Crippen LogP contribution in [0.25, 0.3) is 22.4 Å². The van der Waals surface area contributed by atoms with E-state index in [0.717, 1.165) is 32.5 Å².